The molecule has 2 aliphatic heterocycles. The average Bonchev–Trinajstić information content (AvgIpc) is 3.24. The van der Waals surface area contributed by atoms with E-state index in [9.17, 15) is 18.0 Å². The number of carbonyl (C=O) groups excluding carboxylic acids is 2. The second kappa shape index (κ2) is 9.60. The molecule has 0 spiro atoms. The summed E-state index contributed by atoms with van der Waals surface area (Å²) in [5.41, 5.74) is 1.74. The number of hydrogen-bond donors (Lipinski definition) is 1. The molecule has 1 N–H and O–H groups in total. The summed E-state index contributed by atoms with van der Waals surface area (Å²) in [7, 11) is -3.68. The van der Waals surface area contributed by atoms with E-state index in [-0.39, 0.29) is 23.3 Å². The summed E-state index contributed by atoms with van der Waals surface area (Å²) in [6.07, 6.45) is 2.69. The Bertz CT molecular complexity index is 1100. The summed E-state index contributed by atoms with van der Waals surface area (Å²) in [6.45, 7) is 1.59. The second-order valence-electron chi connectivity index (χ2n) is 8.19. The molecule has 2 aromatic rings. The first-order valence-electron chi connectivity index (χ1n) is 10.8. The monoisotopic (exact) mass is 475 g/mol. The van der Waals surface area contributed by atoms with Gasteiger partial charge in [-0.2, -0.15) is 4.31 Å². The van der Waals surface area contributed by atoms with E-state index in [0.717, 1.165) is 17.7 Å². The van der Waals surface area contributed by atoms with Crippen molar-refractivity contribution in [1.82, 2.24) is 9.62 Å². The number of nitrogens with one attached hydrogen (secondary N) is 1. The van der Waals surface area contributed by atoms with Gasteiger partial charge in [-0.15, -0.1) is 0 Å². The van der Waals surface area contributed by atoms with Gasteiger partial charge in [-0.1, -0.05) is 23.7 Å². The van der Waals surface area contributed by atoms with Gasteiger partial charge in [-0.25, -0.2) is 8.42 Å². The van der Waals surface area contributed by atoms with Crippen LogP contribution >= 0.6 is 11.6 Å². The van der Waals surface area contributed by atoms with Crippen molar-refractivity contribution in [3.05, 3.63) is 59.1 Å². The molecule has 2 fully saturated rings. The maximum absolute atomic E-state index is 13.0. The molecule has 0 bridgehead atoms. The molecule has 4 rings (SSSR count). The van der Waals surface area contributed by atoms with Crippen molar-refractivity contribution in [1.29, 1.82) is 0 Å². The number of nitrogens with zero attached hydrogens (tertiary/aromatic N) is 2. The predicted octanol–water partition coefficient (Wildman–Crippen LogP) is 3.18. The Labute approximate surface area is 193 Å². The molecule has 2 aliphatic rings. The molecule has 0 unspecified atom stereocenters. The van der Waals surface area contributed by atoms with Crippen LogP contribution in [0.25, 0.3) is 0 Å². The molecule has 32 heavy (non-hydrogen) atoms. The minimum Gasteiger partial charge on any atom is -0.352 e. The summed E-state index contributed by atoms with van der Waals surface area (Å²) < 4.78 is 27.3. The zero-order valence-electron chi connectivity index (χ0n) is 17.7. The van der Waals surface area contributed by atoms with E-state index in [1.807, 2.05) is 24.3 Å². The van der Waals surface area contributed by atoms with Crippen molar-refractivity contribution < 1.29 is 18.0 Å². The van der Waals surface area contributed by atoms with Crippen LogP contribution in [-0.2, 0) is 26.2 Å². The summed E-state index contributed by atoms with van der Waals surface area (Å²) in [6, 6.07) is 13.7. The Hall–Kier alpha value is -2.42. The van der Waals surface area contributed by atoms with E-state index in [2.05, 4.69) is 5.32 Å². The fraction of sp³-hybridized carbons (Fsp3) is 0.391. The Kier molecular flexibility index (Phi) is 6.83. The van der Waals surface area contributed by atoms with Gasteiger partial charge in [0.05, 0.1) is 10.8 Å². The van der Waals surface area contributed by atoms with Gasteiger partial charge in [0.2, 0.25) is 21.8 Å². The fourth-order valence-electron chi connectivity index (χ4n) is 4.22. The highest BCUT2D eigenvalue weighted by Crippen LogP contribution is 2.25. The highest BCUT2D eigenvalue weighted by Gasteiger charge is 2.33. The molecule has 2 saturated heterocycles. The number of hydrogen-bond acceptors (Lipinski definition) is 4. The summed E-state index contributed by atoms with van der Waals surface area (Å²) in [5.74, 6) is -0.451. The van der Waals surface area contributed by atoms with Gasteiger partial charge < -0.3 is 10.2 Å². The minimum absolute atomic E-state index is 0.121. The van der Waals surface area contributed by atoms with Gasteiger partial charge in [0, 0.05) is 43.3 Å². The number of amides is 2. The smallest absolute Gasteiger partial charge is 0.243 e. The van der Waals surface area contributed by atoms with Crippen LogP contribution in [-0.4, -0.2) is 44.2 Å². The second-order valence-corrected chi connectivity index (χ2v) is 10.6. The molecule has 1 atom stereocenters. The number of anilines is 1. The first-order valence-corrected chi connectivity index (χ1v) is 12.6. The Morgan fingerprint density at radius 3 is 2.59 bits per heavy atom. The SMILES string of the molecule is O=C(NCc1cccc(N2CCCC2=O)c1)[C@H]1CCCN(S(=O)(=O)c2ccc(Cl)cc2)C1. The van der Waals surface area contributed by atoms with Crippen LogP contribution in [0.5, 0.6) is 0 Å². The van der Waals surface area contributed by atoms with Crippen molar-refractivity contribution >= 4 is 39.1 Å². The molecule has 0 saturated carbocycles. The molecule has 2 heterocycles. The van der Waals surface area contributed by atoms with Crippen LogP contribution in [0.4, 0.5) is 5.69 Å². The first-order chi connectivity index (χ1) is 15.3. The van der Waals surface area contributed by atoms with Crippen LogP contribution in [0.2, 0.25) is 5.02 Å². The van der Waals surface area contributed by atoms with Crippen LogP contribution < -0.4 is 10.2 Å². The lowest BCUT2D eigenvalue weighted by Crippen LogP contribution is -2.45. The molecule has 170 valence electrons. The molecule has 7 nitrogen and oxygen atoms in total. The molecule has 2 amide bonds. The number of carbonyl (C=O) groups is 2. The number of sulfonamides is 1. The van der Waals surface area contributed by atoms with Gasteiger partial charge >= 0.3 is 0 Å². The van der Waals surface area contributed by atoms with E-state index in [1.165, 1.54) is 16.4 Å². The highest BCUT2D eigenvalue weighted by atomic mass is 35.5. The van der Waals surface area contributed by atoms with Crippen molar-refractivity contribution in [3.63, 3.8) is 0 Å². The minimum atomic E-state index is -3.68. The Balaban J connectivity index is 1.38. The van der Waals surface area contributed by atoms with E-state index in [4.69, 9.17) is 11.6 Å². The zero-order chi connectivity index (χ0) is 22.7. The van der Waals surface area contributed by atoms with Crippen LogP contribution in [0.1, 0.15) is 31.2 Å². The molecule has 0 radical (unpaired) electrons. The van der Waals surface area contributed by atoms with E-state index in [1.54, 1.807) is 17.0 Å². The summed E-state index contributed by atoms with van der Waals surface area (Å²) >= 11 is 5.87. The first kappa shape index (κ1) is 22.8. The average molecular weight is 476 g/mol. The van der Waals surface area contributed by atoms with Gasteiger partial charge in [-0.05, 0) is 61.2 Å². The third kappa shape index (κ3) is 4.98. The van der Waals surface area contributed by atoms with Crippen molar-refractivity contribution in [2.24, 2.45) is 5.92 Å². The number of halogens is 1. The standard InChI is InChI=1S/C23H26ClN3O4S/c24-19-8-10-21(11-9-19)32(30,31)26-12-2-5-18(16-26)23(29)25-15-17-4-1-6-20(14-17)27-13-3-7-22(27)28/h1,4,6,8-11,14,18H,2-3,5,7,12-13,15-16H2,(H,25,29)/t18-/m0/s1. The van der Waals surface area contributed by atoms with E-state index >= 15 is 0 Å². The predicted molar refractivity (Wildman–Crippen MR) is 123 cm³/mol. The number of piperidine rings is 1. The topological polar surface area (TPSA) is 86.8 Å². The largest absolute Gasteiger partial charge is 0.352 e. The molecule has 0 aliphatic carbocycles. The lowest BCUT2D eigenvalue weighted by Gasteiger charge is -2.31. The van der Waals surface area contributed by atoms with Crippen LogP contribution in [0, 0.1) is 5.92 Å². The van der Waals surface area contributed by atoms with Gasteiger partial charge in [0.15, 0.2) is 0 Å². The Morgan fingerprint density at radius 1 is 1.09 bits per heavy atom. The van der Waals surface area contributed by atoms with Crippen LogP contribution in [0.15, 0.2) is 53.4 Å². The number of benzene rings is 2. The third-order valence-electron chi connectivity index (χ3n) is 5.97. The normalized spacial score (nSPS) is 19.8. The lowest BCUT2D eigenvalue weighted by molar-refractivity contribution is -0.126. The maximum atomic E-state index is 13.0. The zero-order valence-corrected chi connectivity index (χ0v) is 19.2. The third-order valence-corrected chi connectivity index (χ3v) is 8.10. The quantitative estimate of drug-likeness (QED) is 0.695. The molecule has 9 heteroatoms. The van der Waals surface area contributed by atoms with E-state index in [0.29, 0.717) is 43.9 Å². The molecule has 2 aromatic carbocycles. The fourth-order valence-corrected chi connectivity index (χ4v) is 5.87. The molecule has 0 aromatic heterocycles. The van der Waals surface area contributed by atoms with Gasteiger partial charge in [0.1, 0.15) is 0 Å². The highest BCUT2D eigenvalue weighted by molar-refractivity contribution is 7.89. The summed E-state index contributed by atoms with van der Waals surface area (Å²) in [4.78, 5) is 26.7. The maximum Gasteiger partial charge on any atom is 0.243 e. The van der Waals surface area contributed by atoms with Gasteiger partial charge in [-0.3, -0.25) is 9.59 Å². The van der Waals surface area contributed by atoms with Crippen LogP contribution in [0.3, 0.4) is 0 Å². The molecular formula is C23H26ClN3O4S. The van der Waals surface area contributed by atoms with Crippen molar-refractivity contribution in [2.45, 2.75) is 37.1 Å². The lowest BCUT2D eigenvalue weighted by atomic mass is 9.98. The van der Waals surface area contributed by atoms with E-state index < -0.39 is 15.9 Å². The summed E-state index contributed by atoms with van der Waals surface area (Å²) in [5, 5.41) is 3.41. The van der Waals surface area contributed by atoms with Gasteiger partial charge in [0.25, 0.3) is 0 Å². The van der Waals surface area contributed by atoms with Crippen molar-refractivity contribution in [2.75, 3.05) is 24.5 Å². The van der Waals surface area contributed by atoms with Crippen molar-refractivity contribution in [3.8, 4) is 0 Å². The number of rotatable bonds is 6. The molecular weight excluding hydrogens is 450 g/mol. The Morgan fingerprint density at radius 2 is 1.88 bits per heavy atom.